The van der Waals surface area contributed by atoms with Crippen LogP contribution in [0.15, 0.2) is 78.9 Å². The van der Waals surface area contributed by atoms with E-state index in [4.69, 9.17) is 69.5 Å². The van der Waals surface area contributed by atoms with E-state index in [1.54, 1.807) is 40.8 Å². The zero-order valence-corrected chi connectivity index (χ0v) is 89.7. The van der Waals surface area contributed by atoms with E-state index in [-0.39, 0.29) is 87.2 Å². The third-order valence-electron chi connectivity index (χ3n) is 32.4. The lowest BCUT2D eigenvalue weighted by molar-refractivity contribution is -0.218. The maximum Gasteiger partial charge on any atom is 0.341 e. The Kier molecular flexibility index (Phi) is 27.7. The molecule has 10 saturated heterocycles. The molecule has 40 nitrogen and oxygen atoms in total. The zero-order chi connectivity index (χ0) is 102. The van der Waals surface area contributed by atoms with Gasteiger partial charge in [0.05, 0.1) is 45.2 Å². The number of carbonyl (C=O) groups is 2. The number of aromatic amines is 5. The van der Waals surface area contributed by atoms with Crippen LogP contribution in [-0.2, 0) is 79.1 Å². The molecule has 136 heavy (non-hydrogen) atoms. The molecule has 12 fully saturated rings. The molecule has 10 aliphatic heterocycles. The Hall–Kier alpha value is -7.06. The summed E-state index contributed by atoms with van der Waals surface area (Å²) < 4.78 is 100. The van der Waals surface area contributed by atoms with Crippen molar-refractivity contribution in [1.82, 2.24) is 47.8 Å². The van der Waals surface area contributed by atoms with Crippen molar-refractivity contribution in [1.29, 1.82) is 0 Å². The molecule has 20 atom stereocenters. The van der Waals surface area contributed by atoms with Crippen LogP contribution in [0.1, 0.15) is 202 Å². The van der Waals surface area contributed by atoms with Crippen LogP contribution in [-0.4, -0.2) is 251 Å². The van der Waals surface area contributed by atoms with E-state index in [1.165, 1.54) is 54.5 Å². The standard InChI is InChI=1S/C20H32N2O5Si.C19H30N2O6Si.C18H28N2O6Si.C17H26N2O7Si.C17H28N2O6Si/c1-12-10-22(17(24)21-15(12)23)16-13-14(27-28(6,7)18(2,3)4)20(26-16,11-25-13)19(5)8-9-19;1-11-9-21(16(23)20-14(11)22)15-12-13(27-28(5,6)17(2,3)4)19(26-15,10-25-12)18(24)7-8-18;1-10-8-20(16(23)19-14(10)22)15-12-13(26-27(6,7)17(3,4)5)18(25-15,9-24-12)11(2)21;1-9-7-19(15(23)18-12(9)20)13-10-11(26-27(5,6)16(2,3)4)17(25-13,8-24-10)14(21)22;1-10-7-19(15(22)18-13(10)21)14-11-12(17(8-20,24-14)9-23-11)25-26(5,6)16(2,3)4/h10,13-14,16H,8-9,11H2,1-7H3,(H,21,23,24);9,12-13,15,24H,7-8,10H2,1-6H3,(H,20,22,23);8,12-13,15H,9H2,1-7H3,(H,19,22,23);7,10-11,13H,8H2,1-6H3,(H,21,22)(H,18,20,23);7,11-12,14,20H,8-9H2,1-6H3,(H,18,21,22)/t13?,14-,16-,20+;12?,13-,15-,19+;12?,13-,15-,18-;10?,11-,13-,17+;11?,12-,14-,17+/m11111/s1. The fraction of sp³-hybridized carbons (Fsp3) is 0.758. The van der Waals surface area contributed by atoms with Gasteiger partial charge in [-0.15, -0.1) is 0 Å². The third kappa shape index (κ3) is 18.4. The van der Waals surface area contributed by atoms with Crippen LogP contribution >= 0.6 is 0 Å². The maximum absolute atomic E-state index is 12.5. The summed E-state index contributed by atoms with van der Waals surface area (Å²) in [4.78, 5) is 156. The zero-order valence-electron chi connectivity index (χ0n) is 84.7. The Morgan fingerprint density at radius 3 is 0.912 bits per heavy atom. The topological polar surface area (TPSA) is 508 Å². The average Bonchev–Trinajstić information content (AvgIpc) is 1.51. The fourth-order valence-electron chi connectivity index (χ4n) is 17.8. The molecule has 0 aromatic carbocycles. The molecule has 0 amide bonds. The predicted octanol–water partition coefficient (Wildman–Crippen LogP) is 7.50. The first-order chi connectivity index (χ1) is 62.1. The maximum atomic E-state index is 12.5. The molecule has 45 heteroatoms. The lowest BCUT2D eigenvalue weighted by atomic mass is 9.83. The molecule has 2 saturated carbocycles. The van der Waals surface area contributed by atoms with Crippen molar-refractivity contribution in [3.05, 3.63) is 163 Å². The number of nitrogens with zero attached hydrogens (tertiary/aromatic N) is 5. The number of H-pyrrole nitrogens is 5. The average molecular weight is 2000 g/mol. The quantitative estimate of drug-likeness (QED) is 0.0349. The summed E-state index contributed by atoms with van der Waals surface area (Å²) in [5, 5.41) is 30.8. The van der Waals surface area contributed by atoms with E-state index >= 15 is 0 Å². The fourth-order valence-corrected chi connectivity index (χ4v) is 24.4. The molecule has 17 rings (SSSR count). The van der Waals surface area contributed by atoms with Crippen LogP contribution in [0.25, 0.3) is 0 Å². The summed E-state index contributed by atoms with van der Waals surface area (Å²) in [5.41, 5.74) is -9.59. The van der Waals surface area contributed by atoms with Gasteiger partial charge in [0.1, 0.15) is 72.2 Å². The number of aliphatic hydroxyl groups excluding tert-OH is 1. The normalized spacial score (nSPS) is 32.2. The predicted molar refractivity (Wildman–Crippen MR) is 511 cm³/mol. The molecule has 5 unspecified atom stereocenters. The number of carboxylic acid groups (broad SMARTS) is 1. The van der Waals surface area contributed by atoms with Crippen molar-refractivity contribution in [2.24, 2.45) is 5.41 Å². The van der Waals surface area contributed by atoms with Gasteiger partial charge in [0.25, 0.3) is 27.8 Å². The van der Waals surface area contributed by atoms with E-state index in [2.05, 4.69) is 188 Å². The summed E-state index contributed by atoms with van der Waals surface area (Å²) in [5.74, 6) is -1.38. The molecule has 0 spiro atoms. The van der Waals surface area contributed by atoms with Crippen LogP contribution in [0.2, 0.25) is 90.7 Å². The number of carbonyl (C=O) groups excluding carboxylic acids is 1. The van der Waals surface area contributed by atoms with Gasteiger partial charge in [-0.1, -0.05) is 111 Å². The Morgan fingerprint density at radius 2 is 0.610 bits per heavy atom. The minimum atomic E-state index is -2.34. The van der Waals surface area contributed by atoms with Crippen LogP contribution in [0.4, 0.5) is 0 Å². The Labute approximate surface area is 793 Å². The number of hydrogen-bond acceptors (Lipinski definition) is 29. The lowest BCUT2D eigenvalue weighted by Crippen LogP contribution is -2.57. The lowest BCUT2D eigenvalue weighted by Gasteiger charge is -2.43. The van der Waals surface area contributed by atoms with E-state index in [0.717, 1.165) is 12.8 Å². The third-order valence-corrected chi connectivity index (χ3v) is 54.7. The van der Waals surface area contributed by atoms with Gasteiger partial charge >= 0.3 is 34.4 Å². The van der Waals surface area contributed by atoms with Gasteiger partial charge in [0.15, 0.2) is 89.7 Å². The summed E-state index contributed by atoms with van der Waals surface area (Å²) in [7, 11) is -11.0. The van der Waals surface area contributed by atoms with Gasteiger partial charge in [-0.3, -0.25) is 76.5 Å². The number of aliphatic carboxylic acids is 1. The van der Waals surface area contributed by atoms with Gasteiger partial charge in [0.2, 0.25) is 5.60 Å². The molecule has 5 aromatic rings. The van der Waals surface area contributed by atoms with E-state index in [1.807, 2.05) is 13.1 Å². The van der Waals surface area contributed by atoms with Crippen LogP contribution in [0.5, 0.6) is 0 Å². The SMILES string of the molecule is CC(=O)[C@@]12COC([C@H](n3cc(C)c(=O)[nH]c3=O)O1)[C@H]2O[Si](C)(C)C(C)(C)C.Cc1cn([C@@H]2O[C@@]3(C(=O)O)COC2[C@H]3O[Si](C)(C)C(C)(C)C)c(=O)[nH]c1=O.Cc1cn([C@@H]2O[C@@]3(C4(C)CC4)COC2[C@H]3O[Si](C)(C)C(C)(C)C)c(=O)[nH]c1=O.Cc1cn([C@@H]2O[C@@]3(C4(O)CC4)COC2[C@H]3O[Si](C)(C)C(C)(C)C)c(=O)[nH]c1=O.Cc1cn([C@@H]2O[C@@]3(CO)COC2[C@H]3O[Si](C)(C)C(C)(C)C)c(=O)[nH]c1=O. The number of ketones is 1. The van der Waals surface area contributed by atoms with Crippen LogP contribution < -0.4 is 56.2 Å². The highest BCUT2D eigenvalue weighted by atomic mass is 28.4. The van der Waals surface area contributed by atoms with Gasteiger partial charge in [-0.25, -0.2) is 28.8 Å². The smallest absolute Gasteiger partial charge is 0.341 e. The minimum Gasteiger partial charge on any atom is -0.479 e. The first kappa shape index (κ1) is 106. The number of carboxylic acids is 1. The number of aromatic nitrogens is 10. The first-order valence-electron chi connectivity index (χ1n) is 46.7. The monoisotopic (exact) mass is 2000 g/mol. The number of ether oxygens (including phenoxy) is 10. The molecule has 2 aliphatic carbocycles. The first-order valence-corrected chi connectivity index (χ1v) is 61.2. The summed E-state index contributed by atoms with van der Waals surface area (Å²) in [6, 6.07) is 0. The highest BCUT2D eigenvalue weighted by Gasteiger charge is 2.78. The summed E-state index contributed by atoms with van der Waals surface area (Å²) in [6.07, 6.45) is 1.35. The number of nitrogens with one attached hydrogen (secondary N) is 5. The number of fused-ring (bicyclic) bond motifs is 10. The largest absolute Gasteiger partial charge is 0.479 e. The molecule has 5 aromatic heterocycles. The Balaban J connectivity index is 0.000000144. The summed E-state index contributed by atoms with van der Waals surface area (Å²) in [6.45, 7) is 65.7. The molecule has 8 N–H and O–H groups in total. The van der Waals surface area contributed by atoms with Gasteiger partial charge < -0.3 is 84.8 Å². The summed E-state index contributed by atoms with van der Waals surface area (Å²) >= 11 is 0. The van der Waals surface area contributed by atoms with Crippen molar-refractivity contribution in [3.8, 4) is 0 Å². The van der Waals surface area contributed by atoms with Crippen molar-refractivity contribution in [2.75, 3.05) is 39.6 Å². The molecule has 0 radical (unpaired) electrons. The van der Waals surface area contributed by atoms with Crippen molar-refractivity contribution < 1.29 is 94.4 Å². The van der Waals surface area contributed by atoms with Crippen LogP contribution in [0, 0.1) is 40.0 Å². The number of aryl methyl sites for hydroxylation is 5. The molecular weight excluding hydrogens is 1850 g/mol. The Bertz CT molecular complexity index is 5790. The number of aliphatic hydroxyl groups is 2. The van der Waals surface area contributed by atoms with Crippen molar-refractivity contribution >= 4 is 53.3 Å². The van der Waals surface area contributed by atoms with Gasteiger partial charge in [-0.05, 0) is 158 Å². The van der Waals surface area contributed by atoms with E-state index < -0.39 is 212 Å². The van der Waals surface area contributed by atoms with Gasteiger partial charge in [-0.2, -0.15) is 0 Å². The second kappa shape index (κ2) is 35.5. The molecule has 12 aliphatic rings. The Morgan fingerprint density at radius 1 is 0.368 bits per heavy atom. The van der Waals surface area contributed by atoms with E-state index in [9.17, 15) is 72.9 Å². The molecule has 10 bridgehead atoms. The number of rotatable bonds is 20. The highest BCUT2D eigenvalue weighted by molar-refractivity contribution is 6.76. The minimum absolute atomic E-state index is 0.00955. The highest BCUT2D eigenvalue weighted by Crippen LogP contribution is 2.66. The van der Waals surface area contributed by atoms with Crippen LogP contribution in [0.3, 0.4) is 0 Å². The second-order valence-electron chi connectivity index (χ2n) is 47.0. The number of Topliss-reactive ketones (excluding diaryl/α,β-unsaturated/α-hetero) is 1. The second-order valence-corrected chi connectivity index (χ2v) is 70.8. The van der Waals surface area contributed by atoms with Crippen molar-refractivity contribution in [2.45, 2.75) is 394 Å². The molecule has 15 heterocycles. The van der Waals surface area contributed by atoms with Crippen molar-refractivity contribution in [3.63, 3.8) is 0 Å². The van der Waals surface area contributed by atoms with Gasteiger partial charge in [0, 0.05) is 64.2 Å². The number of hydrogen-bond donors (Lipinski definition) is 8. The molecule has 758 valence electrons. The molecular formula is C91H144N10O30Si5. The van der Waals surface area contributed by atoms with E-state index in [0.29, 0.717) is 47.3 Å².